The number of carbonyl (C=O) groups is 3. The summed E-state index contributed by atoms with van der Waals surface area (Å²) in [6.45, 7) is 1.91. The molecule has 4 aromatic carbocycles. The molecule has 1 aliphatic rings. The largest absolute Gasteiger partial charge is 0.491 e. The van der Waals surface area contributed by atoms with Crippen LogP contribution in [0.3, 0.4) is 0 Å². The third-order valence-corrected chi connectivity index (χ3v) is 8.62. The van der Waals surface area contributed by atoms with Crippen molar-refractivity contribution < 1.29 is 42.8 Å². The molecule has 0 aliphatic carbocycles. The van der Waals surface area contributed by atoms with Crippen molar-refractivity contribution >= 4 is 60.4 Å². The van der Waals surface area contributed by atoms with Crippen LogP contribution in [0.1, 0.15) is 31.8 Å². The van der Waals surface area contributed by atoms with Gasteiger partial charge in [0.1, 0.15) is 50.2 Å². The van der Waals surface area contributed by atoms with E-state index in [4.69, 9.17) is 28.4 Å². The second kappa shape index (κ2) is 18.0. The Hall–Kier alpha value is -3.97. The van der Waals surface area contributed by atoms with Crippen molar-refractivity contribution in [3.8, 4) is 17.2 Å². The smallest absolute Gasteiger partial charge is 0.326 e. The molecule has 48 heavy (non-hydrogen) atoms. The summed E-state index contributed by atoms with van der Waals surface area (Å²) in [6, 6.07) is 24.7. The molecule has 0 atom stereocenters. The van der Waals surface area contributed by atoms with Gasteiger partial charge in [0.25, 0.3) is 11.8 Å². The molecule has 5 rings (SSSR count). The molecule has 0 bridgehead atoms. The van der Waals surface area contributed by atoms with Gasteiger partial charge in [0.15, 0.2) is 0 Å². The highest BCUT2D eigenvalue weighted by atomic mass is 79.9. The lowest BCUT2D eigenvalue weighted by Gasteiger charge is -2.14. The molecule has 0 saturated heterocycles. The first-order chi connectivity index (χ1) is 23.5. The first kappa shape index (κ1) is 35.3. The zero-order valence-electron chi connectivity index (χ0n) is 26.2. The molecule has 1 heterocycles. The summed E-state index contributed by atoms with van der Waals surface area (Å²) in [4.78, 5) is 39.4. The number of imide groups is 1. The number of amides is 2. The molecule has 0 N–H and O–H groups in total. The third kappa shape index (κ3) is 8.93. The highest BCUT2D eigenvalue weighted by molar-refractivity contribution is 9.08. The number of esters is 1. The quantitative estimate of drug-likeness (QED) is 0.0466. The van der Waals surface area contributed by atoms with Crippen LogP contribution in [0.15, 0.2) is 78.9 Å². The molecule has 0 saturated carbocycles. The predicted octanol–water partition coefficient (Wildman–Crippen LogP) is 6.34. The Bertz CT molecular complexity index is 1670. The summed E-state index contributed by atoms with van der Waals surface area (Å²) in [7, 11) is 0. The zero-order valence-corrected chi connectivity index (χ0v) is 29.3. The lowest BCUT2D eigenvalue weighted by molar-refractivity contribution is -0.145. The number of alkyl halides is 2. The van der Waals surface area contributed by atoms with Gasteiger partial charge in [-0.05, 0) is 35.4 Å². The van der Waals surface area contributed by atoms with Crippen LogP contribution < -0.4 is 14.2 Å². The minimum Gasteiger partial charge on any atom is -0.491 e. The average Bonchev–Trinajstić information content (AvgIpc) is 3.36. The number of hydrogen-bond acceptors (Lipinski definition) is 9. The average molecular weight is 785 g/mol. The van der Waals surface area contributed by atoms with Crippen molar-refractivity contribution in [2.24, 2.45) is 0 Å². The van der Waals surface area contributed by atoms with E-state index in [-0.39, 0.29) is 26.4 Å². The standard InChI is InChI=1S/C36H35Br2NO9/c37-22-25-12-13-26(23-38)34-33(25)35(41)39(36(34)42)24-32(40)48-21-17-44-16-20-47-31-11-5-8-28-29(31)9-4-10-30(28)46-19-15-43-14-18-45-27-6-2-1-3-7-27/h1-13H,14-24H2. The van der Waals surface area contributed by atoms with E-state index in [9.17, 15) is 14.4 Å². The van der Waals surface area contributed by atoms with Crippen molar-refractivity contribution in [3.63, 3.8) is 0 Å². The Morgan fingerprint density at radius 2 is 1.06 bits per heavy atom. The first-order valence-corrected chi connectivity index (χ1v) is 17.6. The van der Waals surface area contributed by atoms with Crippen LogP contribution >= 0.6 is 31.9 Å². The Morgan fingerprint density at radius 1 is 0.562 bits per heavy atom. The van der Waals surface area contributed by atoms with Gasteiger partial charge in [-0.3, -0.25) is 19.3 Å². The van der Waals surface area contributed by atoms with Crippen molar-refractivity contribution in [2.75, 3.05) is 59.4 Å². The summed E-state index contributed by atoms with van der Waals surface area (Å²) < 4.78 is 34.0. The van der Waals surface area contributed by atoms with Crippen molar-refractivity contribution in [3.05, 3.63) is 101 Å². The second-order valence-corrected chi connectivity index (χ2v) is 11.6. The highest BCUT2D eigenvalue weighted by Gasteiger charge is 2.40. The van der Waals surface area contributed by atoms with E-state index in [1.807, 2.05) is 66.7 Å². The van der Waals surface area contributed by atoms with Gasteiger partial charge in [0.05, 0.1) is 37.6 Å². The van der Waals surface area contributed by atoms with Gasteiger partial charge in [0.2, 0.25) is 0 Å². The maximum Gasteiger partial charge on any atom is 0.326 e. The Labute approximate surface area is 295 Å². The molecule has 0 spiro atoms. The molecule has 1 aliphatic heterocycles. The van der Waals surface area contributed by atoms with E-state index < -0.39 is 24.3 Å². The monoisotopic (exact) mass is 783 g/mol. The Morgan fingerprint density at radius 3 is 1.58 bits per heavy atom. The maximum absolute atomic E-state index is 13.0. The van der Waals surface area contributed by atoms with E-state index >= 15 is 0 Å². The van der Waals surface area contributed by atoms with Crippen LogP contribution in [-0.4, -0.2) is 82.1 Å². The summed E-state index contributed by atoms with van der Waals surface area (Å²) in [5.74, 6) is 0.538. The molecule has 4 aromatic rings. The lowest BCUT2D eigenvalue weighted by atomic mass is 9.99. The van der Waals surface area contributed by atoms with Crippen LogP contribution in [0.5, 0.6) is 17.2 Å². The van der Waals surface area contributed by atoms with Gasteiger partial charge in [-0.1, -0.05) is 86.5 Å². The maximum atomic E-state index is 13.0. The molecule has 0 aromatic heterocycles. The van der Waals surface area contributed by atoms with E-state index in [0.717, 1.165) is 27.2 Å². The van der Waals surface area contributed by atoms with Gasteiger partial charge in [-0.25, -0.2) is 0 Å². The number of para-hydroxylation sites is 1. The number of nitrogens with zero attached hydrogens (tertiary/aromatic N) is 1. The fourth-order valence-corrected chi connectivity index (χ4v) is 6.09. The number of benzene rings is 4. The molecule has 0 radical (unpaired) electrons. The summed E-state index contributed by atoms with van der Waals surface area (Å²) in [5, 5.41) is 2.64. The van der Waals surface area contributed by atoms with Crippen molar-refractivity contribution in [1.29, 1.82) is 0 Å². The van der Waals surface area contributed by atoms with Crippen LogP contribution in [0.4, 0.5) is 0 Å². The fourth-order valence-electron chi connectivity index (χ4n) is 5.16. The summed E-state index contributed by atoms with van der Waals surface area (Å²) >= 11 is 6.73. The van der Waals surface area contributed by atoms with E-state index in [2.05, 4.69) is 31.9 Å². The highest BCUT2D eigenvalue weighted by Crippen LogP contribution is 2.33. The molecule has 12 heteroatoms. The Balaban J connectivity index is 0.990. The molecule has 10 nitrogen and oxygen atoms in total. The van der Waals surface area contributed by atoms with Crippen molar-refractivity contribution in [2.45, 2.75) is 10.7 Å². The number of fused-ring (bicyclic) bond motifs is 2. The van der Waals surface area contributed by atoms with E-state index in [1.165, 1.54) is 0 Å². The fraction of sp³-hybridized carbons (Fsp3) is 0.306. The molecule has 2 amide bonds. The number of hydrogen-bond donors (Lipinski definition) is 0. The molecular weight excluding hydrogens is 750 g/mol. The molecular formula is C36H35Br2NO9. The lowest BCUT2D eigenvalue weighted by Crippen LogP contribution is -2.36. The minimum absolute atomic E-state index is 0.0277. The topological polar surface area (TPSA) is 110 Å². The Kier molecular flexibility index (Phi) is 13.2. The normalized spacial score (nSPS) is 12.3. The van der Waals surface area contributed by atoms with Crippen LogP contribution in [0.25, 0.3) is 10.8 Å². The van der Waals surface area contributed by atoms with Crippen LogP contribution in [-0.2, 0) is 29.7 Å². The molecule has 0 unspecified atom stereocenters. The molecule has 252 valence electrons. The number of ether oxygens (including phenoxy) is 6. The van der Waals surface area contributed by atoms with Gasteiger partial charge >= 0.3 is 5.97 Å². The zero-order chi connectivity index (χ0) is 33.7. The van der Waals surface area contributed by atoms with E-state index in [1.54, 1.807) is 12.1 Å². The number of halogens is 2. The van der Waals surface area contributed by atoms with Gasteiger partial charge < -0.3 is 28.4 Å². The number of rotatable bonds is 19. The van der Waals surface area contributed by atoms with Gasteiger partial charge in [-0.15, -0.1) is 0 Å². The predicted molar refractivity (Wildman–Crippen MR) is 187 cm³/mol. The second-order valence-electron chi connectivity index (χ2n) is 10.5. The SMILES string of the molecule is O=C(CN1C(=O)c2c(CBr)ccc(CBr)c2C1=O)OCCOCCOc1cccc2c(OCCOCCOc3ccccc3)cccc12. The van der Waals surface area contributed by atoms with Crippen LogP contribution in [0, 0.1) is 0 Å². The minimum atomic E-state index is -0.692. The van der Waals surface area contributed by atoms with Gasteiger partial charge in [0, 0.05) is 21.4 Å². The third-order valence-electron chi connectivity index (χ3n) is 7.41. The van der Waals surface area contributed by atoms with E-state index in [0.29, 0.717) is 65.1 Å². The first-order valence-electron chi connectivity index (χ1n) is 15.4. The number of carbonyl (C=O) groups excluding carboxylic acids is 3. The van der Waals surface area contributed by atoms with Gasteiger partial charge in [-0.2, -0.15) is 0 Å². The van der Waals surface area contributed by atoms with Crippen molar-refractivity contribution in [1.82, 2.24) is 4.90 Å². The molecule has 0 fully saturated rings. The summed E-state index contributed by atoms with van der Waals surface area (Å²) in [5.41, 5.74) is 2.04. The summed E-state index contributed by atoms with van der Waals surface area (Å²) in [6.07, 6.45) is 0. The van der Waals surface area contributed by atoms with Crippen LogP contribution in [0.2, 0.25) is 0 Å².